The zero-order valence-electron chi connectivity index (χ0n) is 10.1. The van der Waals surface area contributed by atoms with Gasteiger partial charge in [0.25, 0.3) is 0 Å². The largest absolute Gasteiger partial charge is 0.353 e. The van der Waals surface area contributed by atoms with Crippen LogP contribution in [0.5, 0.6) is 0 Å². The summed E-state index contributed by atoms with van der Waals surface area (Å²) in [6.45, 7) is 13.1. The summed E-state index contributed by atoms with van der Waals surface area (Å²) in [7, 11) is 0. The minimum absolute atomic E-state index is 0.0226. The molecule has 0 heterocycles. The van der Waals surface area contributed by atoms with E-state index in [2.05, 4.69) is 18.7 Å². The van der Waals surface area contributed by atoms with Crippen molar-refractivity contribution in [3.8, 4) is 0 Å². The molecule has 0 aliphatic heterocycles. The lowest BCUT2D eigenvalue weighted by Gasteiger charge is -2.22. The summed E-state index contributed by atoms with van der Waals surface area (Å²) < 4.78 is 10.9. The maximum absolute atomic E-state index is 5.47. The van der Waals surface area contributed by atoms with Gasteiger partial charge in [-0.25, -0.2) is 0 Å². The number of ether oxygens (including phenoxy) is 2. The van der Waals surface area contributed by atoms with E-state index in [1.165, 1.54) is 0 Å². The molecule has 86 valence electrons. The predicted octanol–water partition coefficient (Wildman–Crippen LogP) is 2.12. The Morgan fingerprint density at radius 3 is 1.79 bits per heavy atom. The van der Waals surface area contributed by atoms with Crippen molar-refractivity contribution in [3.63, 3.8) is 0 Å². The minimum Gasteiger partial charge on any atom is -0.353 e. The molecule has 0 rings (SSSR count). The molecular formula is C11H25NO2. The summed E-state index contributed by atoms with van der Waals surface area (Å²) in [6, 6.07) is 0. The smallest absolute Gasteiger partial charge is 0.158 e. The summed E-state index contributed by atoms with van der Waals surface area (Å²) in [5, 5.41) is 0. The van der Waals surface area contributed by atoms with Gasteiger partial charge in [-0.1, -0.05) is 13.8 Å². The lowest BCUT2D eigenvalue weighted by Crippen LogP contribution is -2.29. The van der Waals surface area contributed by atoms with Crippen LogP contribution in [-0.2, 0) is 9.47 Å². The van der Waals surface area contributed by atoms with E-state index in [1.54, 1.807) is 0 Å². The van der Waals surface area contributed by atoms with Gasteiger partial charge in [0.15, 0.2) is 6.29 Å². The van der Waals surface area contributed by atoms with E-state index in [1.807, 2.05) is 13.8 Å². The highest BCUT2D eigenvalue weighted by Gasteiger charge is 2.09. The van der Waals surface area contributed by atoms with Gasteiger partial charge in [0.2, 0.25) is 0 Å². The van der Waals surface area contributed by atoms with Gasteiger partial charge in [0.05, 0.1) is 0 Å². The van der Waals surface area contributed by atoms with E-state index in [-0.39, 0.29) is 6.29 Å². The van der Waals surface area contributed by atoms with E-state index in [9.17, 15) is 0 Å². The molecule has 0 aromatic carbocycles. The Morgan fingerprint density at radius 2 is 1.43 bits per heavy atom. The van der Waals surface area contributed by atoms with Crippen molar-refractivity contribution in [1.29, 1.82) is 0 Å². The molecule has 0 bridgehead atoms. The molecule has 0 spiro atoms. The molecule has 0 aromatic rings. The van der Waals surface area contributed by atoms with Crippen molar-refractivity contribution in [3.05, 3.63) is 0 Å². The molecule has 0 radical (unpaired) electrons. The maximum Gasteiger partial charge on any atom is 0.158 e. The van der Waals surface area contributed by atoms with Crippen molar-refractivity contribution >= 4 is 0 Å². The van der Waals surface area contributed by atoms with Gasteiger partial charge in [-0.3, -0.25) is 0 Å². The first-order valence-electron chi connectivity index (χ1n) is 5.73. The van der Waals surface area contributed by atoms with E-state index in [4.69, 9.17) is 9.47 Å². The summed E-state index contributed by atoms with van der Waals surface area (Å²) in [4.78, 5) is 2.38. The highest BCUT2D eigenvalue weighted by molar-refractivity contribution is 4.54. The maximum atomic E-state index is 5.47. The topological polar surface area (TPSA) is 21.7 Å². The lowest BCUT2D eigenvalue weighted by molar-refractivity contribution is -0.141. The van der Waals surface area contributed by atoms with Crippen molar-refractivity contribution < 1.29 is 9.47 Å². The third-order valence-corrected chi connectivity index (χ3v) is 2.28. The Bertz CT molecular complexity index is 110. The number of hydrogen-bond donors (Lipinski definition) is 0. The number of nitrogens with zero attached hydrogens (tertiary/aromatic N) is 1. The standard InChI is InChI=1S/C11H25NO2/c1-5-12(6-2)10-9-11(13-7-3)14-8-4/h11H,5-10H2,1-4H3. The minimum atomic E-state index is -0.0226. The van der Waals surface area contributed by atoms with Crippen LogP contribution in [0.2, 0.25) is 0 Å². The summed E-state index contributed by atoms with van der Waals surface area (Å²) >= 11 is 0. The fourth-order valence-corrected chi connectivity index (χ4v) is 1.41. The summed E-state index contributed by atoms with van der Waals surface area (Å²) in [6.07, 6.45) is 0.939. The van der Waals surface area contributed by atoms with Gasteiger partial charge in [-0.2, -0.15) is 0 Å². The van der Waals surface area contributed by atoms with Gasteiger partial charge in [0.1, 0.15) is 0 Å². The molecular weight excluding hydrogens is 178 g/mol. The average molecular weight is 203 g/mol. The molecule has 3 heteroatoms. The van der Waals surface area contributed by atoms with Crippen molar-refractivity contribution in [1.82, 2.24) is 4.90 Å². The van der Waals surface area contributed by atoms with Crippen LogP contribution >= 0.6 is 0 Å². The van der Waals surface area contributed by atoms with E-state index < -0.39 is 0 Å². The van der Waals surface area contributed by atoms with E-state index >= 15 is 0 Å². The van der Waals surface area contributed by atoms with Crippen LogP contribution in [0.25, 0.3) is 0 Å². The number of hydrogen-bond acceptors (Lipinski definition) is 3. The molecule has 0 saturated carbocycles. The molecule has 0 aliphatic rings. The Hall–Kier alpha value is -0.120. The molecule has 0 aliphatic carbocycles. The van der Waals surface area contributed by atoms with Gasteiger partial charge >= 0.3 is 0 Å². The SMILES string of the molecule is CCOC(CCN(CC)CC)OCC. The van der Waals surface area contributed by atoms with Crippen LogP contribution in [0.4, 0.5) is 0 Å². The monoisotopic (exact) mass is 203 g/mol. The molecule has 0 N–H and O–H groups in total. The molecule has 0 fully saturated rings. The van der Waals surface area contributed by atoms with Gasteiger partial charge in [0, 0.05) is 26.2 Å². The van der Waals surface area contributed by atoms with Crippen molar-refractivity contribution in [2.45, 2.75) is 40.4 Å². The third kappa shape index (κ3) is 6.35. The highest BCUT2D eigenvalue weighted by atomic mass is 16.7. The first-order chi connectivity index (χ1) is 6.78. The van der Waals surface area contributed by atoms with E-state index in [0.717, 1.165) is 39.3 Å². The van der Waals surface area contributed by atoms with Gasteiger partial charge < -0.3 is 14.4 Å². The van der Waals surface area contributed by atoms with Crippen LogP contribution in [0.3, 0.4) is 0 Å². The second kappa shape index (κ2) is 9.44. The van der Waals surface area contributed by atoms with Crippen LogP contribution < -0.4 is 0 Å². The number of rotatable bonds is 9. The van der Waals surface area contributed by atoms with Crippen LogP contribution in [0.1, 0.15) is 34.1 Å². The second-order valence-electron chi connectivity index (χ2n) is 3.16. The average Bonchev–Trinajstić information content (AvgIpc) is 2.20. The normalized spacial score (nSPS) is 11.6. The van der Waals surface area contributed by atoms with Crippen LogP contribution in [0, 0.1) is 0 Å². The Balaban J connectivity index is 3.67. The Morgan fingerprint density at radius 1 is 0.929 bits per heavy atom. The summed E-state index contributed by atoms with van der Waals surface area (Å²) in [5.41, 5.74) is 0. The second-order valence-corrected chi connectivity index (χ2v) is 3.16. The fourth-order valence-electron chi connectivity index (χ4n) is 1.41. The van der Waals surface area contributed by atoms with Crippen molar-refractivity contribution in [2.75, 3.05) is 32.8 Å². The Labute approximate surface area is 88.4 Å². The molecule has 14 heavy (non-hydrogen) atoms. The molecule has 3 nitrogen and oxygen atoms in total. The fraction of sp³-hybridized carbons (Fsp3) is 1.00. The molecule has 0 aromatic heterocycles. The van der Waals surface area contributed by atoms with Crippen molar-refractivity contribution in [2.24, 2.45) is 0 Å². The summed E-state index contributed by atoms with van der Waals surface area (Å²) in [5.74, 6) is 0. The molecule has 0 atom stereocenters. The third-order valence-electron chi connectivity index (χ3n) is 2.28. The van der Waals surface area contributed by atoms with Gasteiger partial charge in [-0.15, -0.1) is 0 Å². The highest BCUT2D eigenvalue weighted by Crippen LogP contribution is 2.03. The quantitative estimate of drug-likeness (QED) is 0.536. The Kier molecular flexibility index (Phi) is 9.35. The first kappa shape index (κ1) is 13.9. The van der Waals surface area contributed by atoms with E-state index in [0.29, 0.717) is 0 Å². The first-order valence-corrected chi connectivity index (χ1v) is 5.73. The molecule has 0 saturated heterocycles. The zero-order chi connectivity index (χ0) is 10.8. The van der Waals surface area contributed by atoms with Crippen LogP contribution in [0.15, 0.2) is 0 Å². The molecule has 0 amide bonds. The lowest BCUT2D eigenvalue weighted by atomic mass is 10.3. The zero-order valence-corrected chi connectivity index (χ0v) is 10.1. The predicted molar refractivity (Wildman–Crippen MR) is 59.4 cm³/mol. The van der Waals surface area contributed by atoms with Gasteiger partial charge in [-0.05, 0) is 26.9 Å². The van der Waals surface area contributed by atoms with Crippen LogP contribution in [-0.4, -0.2) is 44.0 Å². The molecule has 0 unspecified atom stereocenters.